The minimum Gasteiger partial charge on any atom is -0.478 e. The number of hydrogen-bond donors (Lipinski definition) is 1. The molecular weight excluding hydrogens is 288 g/mol. The Hall–Kier alpha value is -2.03. The molecule has 23 heavy (non-hydrogen) atoms. The fourth-order valence-corrected chi connectivity index (χ4v) is 2.24. The summed E-state index contributed by atoms with van der Waals surface area (Å²) in [6.45, 7) is 2.24. The van der Waals surface area contributed by atoms with Crippen LogP contribution in [0.25, 0.3) is 6.08 Å². The van der Waals surface area contributed by atoms with Gasteiger partial charge in [-0.3, -0.25) is 0 Å². The lowest BCUT2D eigenvalue weighted by molar-refractivity contribution is -0.131. The van der Waals surface area contributed by atoms with E-state index in [0.29, 0.717) is 0 Å². The highest BCUT2D eigenvalue weighted by Crippen LogP contribution is 2.14. The Labute approximate surface area is 139 Å². The van der Waals surface area contributed by atoms with Gasteiger partial charge in [0.2, 0.25) is 0 Å². The fourth-order valence-electron chi connectivity index (χ4n) is 2.24. The van der Waals surface area contributed by atoms with Gasteiger partial charge in [-0.1, -0.05) is 57.6 Å². The van der Waals surface area contributed by atoms with Crippen molar-refractivity contribution in [3.05, 3.63) is 48.2 Å². The average Bonchev–Trinajstić information content (AvgIpc) is 2.55. The van der Waals surface area contributed by atoms with E-state index >= 15 is 0 Å². The van der Waals surface area contributed by atoms with Crippen LogP contribution in [0.2, 0.25) is 0 Å². The second-order valence-corrected chi connectivity index (χ2v) is 5.64. The topological polar surface area (TPSA) is 46.5 Å². The van der Waals surface area contributed by atoms with Crippen LogP contribution >= 0.6 is 0 Å². The standard InChI is InChI=1S/C20H28O3/c1-2-3-4-5-6-7-8-9-10-17-23-19-14-11-18(12-15-19)13-16-20(21)22/h10-17H,2-9H2,1H3,(H,21,22)/b16-13+,17-10+. The predicted molar refractivity (Wildman–Crippen MR) is 95.5 cm³/mol. The van der Waals surface area contributed by atoms with E-state index in [0.717, 1.165) is 23.8 Å². The highest BCUT2D eigenvalue weighted by atomic mass is 16.5. The van der Waals surface area contributed by atoms with Gasteiger partial charge in [0.05, 0.1) is 6.26 Å². The minimum atomic E-state index is -0.946. The number of carboxylic acids is 1. The van der Waals surface area contributed by atoms with Crippen molar-refractivity contribution in [1.82, 2.24) is 0 Å². The van der Waals surface area contributed by atoms with Crippen LogP contribution in [-0.2, 0) is 4.79 Å². The summed E-state index contributed by atoms with van der Waals surface area (Å²) in [4.78, 5) is 10.4. The number of carbonyl (C=O) groups is 1. The monoisotopic (exact) mass is 316 g/mol. The first-order valence-corrected chi connectivity index (χ1v) is 8.55. The number of hydrogen-bond acceptors (Lipinski definition) is 2. The number of benzene rings is 1. The number of unbranched alkanes of at least 4 members (excludes halogenated alkanes) is 7. The van der Waals surface area contributed by atoms with Crippen molar-refractivity contribution in [2.24, 2.45) is 0 Å². The second-order valence-electron chi connectivity index (χ2n) is 5.64. The van der Waals surface area contributed by atoms with Crippen molar-refractivity contribution in [3.63, 3.8) is 0 Å². The van der Waals surface area contributed by atoms with Gasteiger partial charge in [-0.15, -0.1) is 0 Å². The van der Waals surface area contributed by atoms with Crippen LogP contribution in [0.5, 0.6) is 5.75 Å². The third-order valence-electron chi connectivity index (χ3n) is 3.57. The first kappa shape index (κ1) is 19.0. The quantitative estimate of drug-likeness (QED) is 0.300. The Morgan fingerprint density at radius 2 is 1.70 bits per heavy atom. The van der Waals surface area contributed by atoms with E-state index in [-0.39, 0.29) is 0 Å². The SMILES string of the molecule is CCCCCCCCC/C=C/Oc1ccc(/C=C/C(=O)O)cc1. The molecule has 3 nitrogen and oxygen atoms in total. The van der Waals surface area contributed by atoms with Gasteiger partial charge in [0, 0.05) is 6.08 Å². The fraction of sp³-hybridized carbons (Fsp3) is 0.450. The average molecular weight is 316 g/mol. The molecule has 1 rings (SSSR count). The summed E-state index contributed by atoms with van der Waals surface area (Å²) in [7, 11) is 0. The van der Waals surface area contributed by atoms with E-state index in [4.69, 9.17) is 9.84 Å². The van der Waals surface area contributed by atoms with E-state index in [1.165, 1.54) is 44.9 Å². The smallest absolute Gasteiger partial charge is 0.328 e. The summed E-state index contributed by atoms with van der Waals surface area (Å²) in [5, 5.41) is 8.57. The third kappa shape index (κ3) is 10.3. The van der Waals surface area contributed by atoms with E-state index < -0.39 is 5.97 Å². The normalized spacial score (nSPS) is 11.3. The molecule has 0 amide bonds. The van der Waals surface area contributed by atoms with Crippen LogP contribution in [0.4, 0.5) is 0 Å². The number of carboxylic acid groups (broad SMARTS) is 1. The van der Waals surface area contributed by atoms with Crippen LogP contribution < -0.4 is 4.74 Å². The molecule has 1 aromatic carbocycles. The molecule has 0 saturated heterocycles. The highest BCUT2D eigenvalue weighted by Gasteiger charge is 1.93. The summed E-state index contributed by atoms with van der Waals surface area (Å²) in [6.07, 6.45) is 16.8. The van der Waals surface area contributed by atoms with Gasteiger partial charge in [0.1, 0.15) is 5.75 Å². The molecule has 0 aliphatic heterocycles. The third-order valence-corrected chi connectivity index (χ3v) is 3.57. The summed E-state index contributed by atoms with van der Waals surface area (Å²) in [6, 6.07) is 7.33. The highest BCUT2D eigenvalue weighted by molar-refractivity contribution is 5.85. The molecule has 0 aliphatic rings. The zero-order valence-corrected chi connectivity index (χ0v) is 14.0. The molecule has 0 atom stereocenters. The Morgan fingerprint density at radius 1 is 1.04 bits per heavy atom. The van der Waals surface area contributed by atoms with Crippen molar-refractivity contribution in [3.8, 4) is 5.75 Å². The molecule has 0 spiro atoms. The summed E-state index contributed by atoms with van der Waals surface area (Å²) >= 11 is 0. The largest absolute Gasteiger partial charge is 0.478 e. The van der Waals surface area contributed by atoms with Crippen molar-refractivity contribution < 1.29 is 14.6 Å². The van der Waals surface area contributed by atoms with Crippen molar-refractivity contribution >= 4 is 12.0 Å². The minimum absolute atomic E-state index is 0.758. The Bertz CT molecular complexity index is 486. The summed E-state index contributed by atoms with van der Waals surface area (Å²) < 4.78 is 5.53. The maximum atomic E-state index is 10.4. The van der Waals surface area contributed by atoms with Crippen molar-refractivity contribution in [2.75, 3.05) is 0 Å². The van der Waals surface area contributed by atoms with Gasteiger partial charge in [0.25, 0.3) is 0 Å². The number of aliphatic carboxylic acids is 1. The van der Waals surface area contributed by atoms with Gasteiger partial charge < -0.3 is 9.84 Å². The predicted octanol–water partition coefficient (Wildman–Crippen LogP) is 5.82. The zero-order valence-electron chi connectivity index (χ0n) is 14.0. The van der Waals surface area contributed by atoms with Crippen molar-refractivity contribution in [2.45, 2.75) is 58.3 Å². The number of ether oxygens (including phenoxy) is 1. The molecule has 0 aromatic heterocycles. The zero-order chi connectivity index (χ0) is 16.8. The first-order chi connectivity index (χ1) is 11.2. The van der Waals surface area contributed by atoms with E-state index in [1.807, 2.05) is 24.3 Å². The molecule has 1 aromatic rings. The first-order valence-electron chi connectivity index (χ1n) is 8.55. The van der Waals surface area contributed by atoms with Gasteiger partial charge in [-0.25, -0.2) is 4.79 Å². The maximum absolute atomic E-state index is 10.4. The summed E-state index contributed by atoms with van der Waals surface area (Å²) in [5.41, 5.74) is 0.840. The lowest BCUT2D eigenvalue weighted by atomic mass is 10.1. The molecule has 0 radical (unpaired) electrons. The van der Waals surface area contributed by atoms with Crippen LogP contribution in [0, 0.1) is 0 Å². The second kappa shape index (κ2) is 12.5. The number of rotatable bonds is 12. The lowest BCUT2D eigenvalue weighted by Gasteiger charge is -2.01. The van der Waals surface area contributed by atoms with E-state index in [9.17, 15) is 4.79 Å². The van der Waals surface area contributed by atoms with E-state index in [2.05, 4.69) is 13.0 Å². The van der Waals surface area contributed by atoms with Crippen LogP contribution in [0.1, 0.15) is 63.9 Å². The molecular formula is C20H28O3. The van der Waals surface area contributed by atoms with Gasteiger partial charge >= 0.3 is 5.97 Å². The molecule has 126 valence electrons. The van der Waals surface area contributed by atoms with Crippen LogP contribution in [0.15, 0.2) is 42.7 Å². The molecule has 1 N–H and O–H groups in total. The van der Waals surface area contributed by atoms with Gasteiger partial charge in [-0.05, 0) is 42.7 Å². The molecule has 0 unspecified atom stereocenters. The van der Waals surface area contributed by atoms with Crippen LogP contribution in [0.3, 0.4) is 0 Å². The Balaban J connectivity index is 2.13. The van der Waals surface area contributed by atoms with Crippen LogP contribution in [-0.4, -0.2) is 11.1 Å². The molecule has 0 bridgehead atoms. The molecule has 0 heterocycles. The Kier molecular flexibility index (Phi) is 10.3. The molecule has 0 fully saturated rings. The lowest BCUT2D eigenvalue weighted by Crippen LogP contribution is -1.86. The van der Waals surface area contributed by atoms with Gasteiger partial charge in [-0.2, -0.15) is 0 Å². The molecule has 3 heteroatoms. The van der Waals surface area contributed by atoms with E-state index in [1.54, 1.807) is 12.3 Å². The molecule has 0 aliphatic carbocycles. The molecule has 0 saturated carbocycles. The summed E-state index contributed by atoms with van der Waals surface area (Å²) in [5.74, 6) is -0.188. The van der Waals surface area contributed by atoms with Gasteiger partial charge in [0.15, 0.2) is 0 Å². The van der Waals surface area contributed by atoms with Crippen molar-refractivity contribution in [1.29, 1.82) is 0 Å². The number of allylic oxidation sites excluding steroid dienone is 1. The maximum Gasteiger partial charge on any atom is 0.328 e. The Morgan fingerprint density at radius 3 is 2.35 bits per heavy atom.